The van der Waals surface area contributed by atoms with Crippen molar-refractivity contribution in [3.63, 3.8) is 0 Å². The second-order valence-electron chi connectivity index (χ2n) is 5.56. The predicted octanol–water partition coefficient (Wildman–Crippen LogP) is 3.11. The summed E-state index contributed by atoms with van der Waals surface area (Å²) < 4.78 is 0. The van der Waals surface area contributed by atoms with Gasteiger partial charge in [0.1, 0.15) is 0 Å². The normalized spacial score (nSPS) is 12.9. The van der Waals surface area contributed by atoms with Crippen molar-refractivity contribution in [2.24, 2.45) is 11.7 Å². The fourth-order valence-electron chi connectivity index (χ4n) is 2.36. The molecule has 2 heteroatoms. The molecule has 1 aromatic carbocycles. The van der Waals surface area contributed by atoms with Crippen LogP contribution < -0.4 is 10.6 Å². The molecule has 0 heterocycles. The third-order valence-electron chi connectivity index (χ3n) is 3.05. The van der Waals surface area contributed by atoms with Gasteiger partial charge in [0.25, 0.3) is 0 Å². The highest BCUT2D eigenvalue weighted by Crippen LogP contribution is 2.20. The van der Waals surface area contributed by atoms with Crippen LogP contribution in [0.3, 0.4) is 0 Å². The Labute approximate surface area is 106 Å². The summed E-state index contributed by atoms with van der Waals surface area (Å²) in [5, 5.41) is 0. The van der Waals surface area contributed by atoms with Crippen LogP contribution in [0.5, 0.6) is 0 Å². The van der Waals surface area contributed by atoms with E-state index in [0.29, 0.717) is 5.92 Å². The second-order valence-corrected chi connectivity index (χ2v) is 5.56. The number of nitrogens with zero attached hydrogens (tertiary/aromatic N) is 1. The Morgan fingerprint density at radius 1 is 1.24 bits per heavy atom. The van der Waals surface area contributed by atoms with E-state index in [1.165, 1.54) is 16.8 Å². The number of hydrogen-bond acceptors (Lipinski definition) is 2. The van der Waals surface area contributed by atoms with Crippen LogP contribution in [0, 0.1) is 19.8 Å². The van der Waals surface area contributed by atoms with Gasteiger partial charge in [0, 0.05) is 25.3 Å². The molecule has 0 spiro atoms. The third kappa shape index (κ3) is 4.39. The Morgan fingerprint density at radius 3 is 2.41 bits per heavy atom. The van der Waals surface area contributed by atoms with Gasteiger partial charge >= 0.3 is 0 Å². The monoisotopic (exact) mass is 234 g/mol. The van der Waals surface area contributed by atoms with Crippen LogP contribution in [-0.2, 0) is 0 Å². The van der Waals surface area contributed by atoms with E-state index in [-0.39, 0.29) is 6.04 Å². The first-order valence-electron chi connectivity index (χ1n) is 6.44. The number of aryl methyl sites for hydroxylation is 2. The standard InChI is InChI=1S/C15H26N2/c1-11(2)8-14(16)10-17(5)15-7-6-12(3)9-13(15)4/h6-7,9,11,14H,8,10,16H2,1-5H3. The minimum Gasteiger partial charge on any atom is -0.373 e. The number of likely N-dealkylation sites (N-methyl/N-ethyl adjacent to an activating group) is 1. The Kier molecular flexibility index (Phi) is 5.01. The predicted molar refractivity (Wildman–Crippen MR) is 76.6 cm³/mol. The number of nitrogens with two attached hydrogens (primary N) is 1. The molecule has 0 fully saturated rings. The molecule has 2 N–H and O–H groups in total. The maximum absolute atomic E-state index is 6.15. The lowest BCUT2D eigenvalue weighted by atomic mass is 10.0. The van der Waals surface area contributed by atoms with Crippen molar-refractivity contribution in [2.75, 3.05) is 18.5 Å². The van der Waals surface area contributed by atoms with Crippen molar-refractivity contribution < 1.29 is 0 Å². The van der Waals surface area contributed by atoms with Crippen LogP contribution in [0.15, 0.2) is 18.2 Å². The summed E-state index contributed by atoms with van der Waals surface area (Å²) in [4.78, 5) is 2.27. The zero-order valence-corrected chi connectivity index (χ0v) is 11.8. The molecule has 17 heavy (non-hydrogen) atoms. The van der Waals surface area contributed by atoms with Crippen molar-refractivity contribution >= 4 is 5.69 Å². The zero-order valence-electron chi connectivity index (χ0n) is 11.8. The lowest BCUT2D eigenvalue weighted by molar-refractivity contribution is 0.495. The van der Waals surface area contributed by atoms with Crippen LogP contribution in [0.25, 0.3) is 0 Å². The Hall–Kier alpha value is -1.02. The highest BCUT2D eigenvalue weighted by molar-refractivity contribution is 5.53. The zero-order chi connectivity index (χ0) is 13.0. The van der Waals surface area contributed by atoms with Gasteiger partial charge in [-0.15, -0.1) is 0 Å². The molecule has 0 amide bonds. The molecule has 1 rings (SSSR count). The van der Waals surface area contributed by atoms with E-state index in [1.807, 2.05) is 0 Å². The summed E-state index contributed by atoms with van der Waals surface area (Å²) in [6.45, 7) is 9.64. The molecule has 0 radical (unpaired) electrons. The number of anilines is 1. The van der Waals surface area contributed by atoms with Crippen molar-refractivity contribution in [2.45, 2.75) is 40.2 Å². The fourth-order valence-corrected chi connectivity index (χ4v) is 2.36. The van der Waals surface area contributed by atoms with E-state index in [4.69, 9.17) is 5.73 Å². The maximum atomic E-state index is 6.15. The Bertz CT molecular complexity index is 358. The first kappa shape index (κ1) is 14.0. The van der Waals surface area contributed by atoms with E-state index in [0.717, 1.165) is 13.0 Å². The highest BCUT2D eigenvalue weighted by atomic mass is 15.1. The average Bonchev–Trinajstić information content (AvgIpc) is 2.15. The quantitative estimate of drug-likeness (QED) is 0.848. The number of benzene rings is 1. The minimum atomic E-state index is 0.251. The third-order valence-corrected chi connectivity index (χ3v) is 3.05. The van der Waals surface area contributed by atoms with Gasteiger partial charge in [0.2, 0.25) is 0 Å². The number of rotatable bonds is 5. The Morgan fingerprint density at radius 2 is 1.88 bits per heavy atom. The summed E-state index contributed by atoms with van der Waals surface area (Å²) in [6.07, 6.45) is 1.08. The van der Waals surface area contributed by atoms with Gasteiger partial charge < -0.3 is 10.6 Å². The van der Waals surface area contributed by atoms with Gasteiger partial charge in [0.15, 0.2) is 0 Å². The van der Waals surface area contributed by atoms with E-state index in [2.05, 4.69) is 57.8 Å². The molecular formula is C15H26N2. The van der Waals surface area contributed by atoms with Gasteiger partial charge in [-0.3, -0.25) is 0 Å². The van der Waals surface area contributed by atoms with Crippen molar-refractivity contribution in [1.82, 2.24) is 0 Å². The molecule has 1 atom stereocenters. The molecule has 1 unspecified atom stereocenters. The number of hydrogen-bond donors (Lipinski definition) is 1. The second kappa shape index (κ2) is 6.06. The minimum absolute atomic E-state index is 0.251. The van der Waals surface area contributed by atoms with E-state index in [1.54, 1.807) is 0 Å². The largest absolute Gasteiger partial charge is 0.373 e. The first-order chi connectivity index (χ1) is 7.90. The topological polar surface area (TPSA) is 29.3 Å². The average molecular weight is 234 g/mol. The summed E-state index contributed by atoms with van der Waals surface area (Å²) in [5.41, 5.74) is 10.1. The summed E-state index contributed by atoms with van der Waals surface area (Å²) in [6, 6.07) is 6.82. The van der Waals surface area contributed by atoms with Gasteiger partial charge in [-0.25, -0.2) is 0 Å². The lowest BCUT2D eigenvalue weighted by Gasteiger charge is -2.26. The molecule has 0 saturated heterocycles. The molecule has 96 valence electrons. The van der Waals surface area contributed by atoms with E-state index < -0.39 is 0 Å². The SMILES string of the molecule is Cc1ccc(N(C)CC(N)CC(C)C)c(C)c1. The van der Waals surface area contributed by atoms with Crippen molar-refractivity contribution in [3.8, 4) is 0 Å². The molecule has 0 saturated carbocycles. The maximum Gasteiger partial charge on any atom is 0.0394 e. The lowest BCUT2D eigenvalue weighted by Crippen LogP contribution is -2.36. The van der Waals surface area contributed by atoms with Gasteiger partial charge in [-0.05, 0) is 37.8 Å². The van der Waals surface area contributed by atoms with Crippen molar-refractivity contribution in [1.29, 1.82) is 0 Å². The van der Waals surface area contributed by atoms with Crippen LogP contribution in [0.4, 0.5) is 5.69 Å². The molecule has 0 bridgehead atoms. The molecule has 1 aromatic rings. The van der Waals surface area contributed by atoms with Crippen LogP contribution in [0.2, 0.25) is 0 Å². The Balaban J connectivity index is 2.66. The summed E-state index contributed by atoms with van der Waals surface area (Å²) in [5.74, 6) is 0.664. The molecule has 0 aliphatic carbocycles. The molecule has 0 aliphatic heterocycles. The van der Waals surface area contributed by atoms with Gasteiger partial charge in [-0.1, -0.05) is 31.5 Å². The highest BCUT2D eigenvalue weighted by Gasteiger charge is 2.10. The first-order valence-corrected chi connectivity index (χ1v) is 6.44. The molecule has 2 nitrogen and oxygen atoms in total. The van der Waals surface area contributed by atoms with E-state index in [9.17, 15) is 0 Å². The molecular weight excluding hydrogens is 208 g/mol. The molecule has 0 aromatic heterocycles. The van der Waals surface area contributed by atoms with Crippen LogP contribution in [-0.4, -0.2) is 19.6 Å². The van der Waals surface area contributed by atoms with Gasteiger partial charge in [-0.2, -0.15) is 0 Å². The molecule has 0 aliphatic rings. The van der Waals surface area contributed by atoms with Gasteiger partial charge in [0.05, 0.1) is 0 Å². The summed E-state index contributed by atoms with van der Waals surface area (Å²) >= 11 is 0. The summed E-state index contributed by atoms with van der Waals surface area (Å²) in [7, 11) is 2.12. The van der Waals surface area contributed by atoms with Crippen LogP contribution >= 0.6 is 0 Å². The smallest absolute Gasteiger partial charge is 0.0394 e. The van der Waals surface area contributed by atoms with Crippen LogP contribution in [0.1, 0.15) is 31.4 Å². The fraction of sp³-hybridized carbons (Fsp3) is 0.600. The van der Waals surface area contributed by atoms with E-state index >= 15 is 0 Å². The van der Waals surface area contributed by atoms with Crippen molar-refractivity contribution in [3.05, 3.63) is 29.3 Å².